The lowest BCUT2D eigenvalue weighted by molar-refractivity contribution is 0.194. The van der Waals surface area contributed by atoms with E-state index in [1.807, 2.05) is 24.3 Å². The second-order valence-electron chi connectivity index (χ2n) is 3.87. The fourth-order valence-electron chi connectivity index (χ4n) is 1.54. The monoisotopic (exact) mass is 233 g/mol. The predicted octanol–water partition coefficient (Wildman–Crippen LogP) is 1.39. The van der Waals surface area contributed by atoms with E-state index >= 15 is 0 Å². The van der Waals surface area contributed by atoms with Gasteiger partial charge < -0.3 is 9.84 Å². The minimum atomic E-state index is -0.589. The summed E-state index contributed by atoms with van der Waals surface area (Å²) in [5.74, 6) is 0.818. The van der Waals surface area contributed by atoms with Crippen LogP contribution in [-0.2, 0) is 6.54 Å². The molecule has 5 heteroatoms. The summed E-state index contributed by atoms with van der Waals surface area (Å²) in [5, 5.41) is 17.2. The molecule has 2 aromatic rings. The van der Waals surface area contributed by atoms with Crippen molar-refractivity contribution in [1.29, 1.82) is 0 Å². The highest BCUT2D eigenvalue weighted by Gasteiger charge is 2.06. The lowest BCUT2D eigenvalue weighted by atomic mass is 10.2. The number of aliphatic hydroxyl groups is 1. The van der Waals surface area contributed by atoms with Gasteiger partial charge in [0, 0.05) is 0 Å². The van der Waals surface area contributed by atoms with Crippen LogP contribution in [0.3, 0.4) is 0 Å². The molecule has 1 unspecified atom stereocenters. The van der Waals surface area contributed by atoms with Crippen LogP contribution in [0.1, 0.15) is 24.3 Å². The second-order valence-corrected chi connectivity index (χ2v) is 3.87. The van der Waals surface area contributed by atoms with Gasteiger partial charge in [0.1, 0.15) is 11.4 Å². The Hall–Kier alpha value is -1.88. The summed E-state index contributed by atoms with van der Waals surface area (Å²) in [7, 11) is 1.64. The SMILES string of the molecule is COc1cccc(Cn2cc(C(C)O)nn2)c1. The van der Waals surface area contributed by atoms with Crippen LogP contribution in [0.25, 0.3) is 0 Å². The molecule has 0 saturated carbocycles. The zero-order chi connectivity index (χ0) is 12.3. The Labute approximate surface area is 99.7 Å². The average Bonchev–Trinajstić information content (AvgIpc) is 2.78. The van der Waals surface area contributed by atoms with Crippen molar-refractivity contribution >= 4 is 0 Å². The average molecular weight is 233 g/mol. The summed E-state index contributed by atoms with van der Waals surface area (Å²) in [4.78, 5) is 0. The molecule has 0 spiro atoms. The summed E-state index contributed by atoms with van der Waals surface area (Å²) < 4.78 is 6.84. The second kappa shape index (κ2) is 4.97. The molecule has 0 saturated heterocycles. The molecule has 0 aliphatic carbocycles. The van der Waals surface area contributed by atoms with E-state index in [4.69, 9.17) is 4.74 Å². The summed E-state index contributed by atoms with van der Waals surface area (Å²) >= 11 is 0. The van der Waals surface area contributed by atoms with E-state index in [2.05, 4.69) is 10.3 Å². The van der Waals surface area contributed by atoms with Gasteiger partial charge in [-0.1, -0.05) is 17.3 Å². The van der Waals surface area contributed by atoms with Crippen LogP contribution in [0.5, 0.6) is 5.75 Å². The van der Waals surface area contributed by atoms with Gasteiger partial charge in [-0.25, -0.2) is 4.68 Å². The molecular weight excluding hydrogens is 218 g/mol. The van der Waals surface area contributed by atoms with Gasteiger partial charge in [0.25, 0.3) is 0 Å². The molecule has 90 valence electrons. The first-order chi connectivity index (χ1) is 8.19. The number of nitrogens with zero attached hydrogens (tertiary/aromatic N) is 3. The van der Waals surface area contributed by atoms with Gasteiger partial charge in [-0.05, 0) is 24.6 Å². The summed E-state index contributed by atoms with van der Waals surface area (Å²) in [5.41, 5.74) is 1.65. The molecule has 1 heterocycles. The van der Waals surface area contributed by atoms with E-state index in [1.165, 1.54) is 0 Å². The van der Waals surface area contributed by atoms with Gasteiger partial charge in [-0.2, -0.15) is 0 Å². The van der Waals surface area contributed by atoms with Crippen molar-refractivity contribution < 1.29 is 9.84 Å². The minimum Gasteiger partial charge on any atom is -0.497 e. The van der Waals surface area contributed by atoms with E-state index in [0.29, 0.717) is 12.2 Å². The van der Waals surface area contributed by atoms with Crippen molar-refractivity contribution in [3.63, 3.8) is 0 Å². The van der Waals surface area contributed by atoms with E-state index in [-0.39, 0.29) is 0 Å². The molecule has 0 amide bonds. The molecule has 0 radical (unpaired) electrons. The highest BCUT2D eigenvalue weighted by Crippen LogP contribution is 2.14. The van der Waals surface area contributed by atoms with Crippen LogP contribution in [0.15, 0.2) is 30.5 Å². The molecule has 1 atom stereocenters. The summed E-state index contributed by atoms with van der Waals surface area (Å²) in [6, 6.07) is 7.77. The van der Waals surface area contributed by atoms with Crippen molar-refractivity contribution in [2.24, 2.45) is 0 Å². The fourth-order valence-corrected chi connectivity index (χ4v) is 1.54. The predicted molar refractivity (Wildman–Crippen MR) is 62.8 cm³/mol. The van der Waals surface area contributed by atoms with E-state index < -0.39 is 6.10 Å². The minimum absolute atomic E-state index is 0.577. The van der Waals surface area contributed by atoms with Crippen LogP contribution in [0, 0.1) is 0 Å². The molecule has 1 N–H and O–H groups in total. The topological polar surface area (TPSA) is 60.2 Å². The maximum Gasteiger partial charge on any atom is 0.119 e. The Morgan fingerprint density at radius 2 is 2.29 bits per heavy atom. The first-order valence-corrected chi connectivity index (χ1v) is 5.40. The fraction of sp³-hybridized carbons (Fsp3) is 0.333. The Bertz CT molecular complexity index is 494. The smallest absolute Gasteiger partial charge is 0.119 e. The van der Waals surface area contributed by atoms with Gasteiger partial charge in [-0.3, -0.25) is 0 Å². The lowest BCUT2D eigenvalue weighted by Crippen LogP contribution is -2.00. The van der Waals surface area contributed by atoms with Crippen molar-refractivity contribution in [3.05, 3.63) is 41.7 Å². The number of methoxy groups -OCH3 is 1. The first-order valence-electron chi connectivity index (χ1n) is 5.40. The molecule has 1 aromatic heterocycles. The van der Waals surface area contributed by atoms with Crippen LogP contribution >= 0.6 is 0 Å². The van der Waals surface area contributed by atoms with E-state index in [0.717, 1.165) is 11.3 Å². The molecule has 0 aliphatic rings. The first kappa shape index (κ1) is 11.6. The van der Waals surface area contributed by atoms with Crippen molar-refractivity contribution in [2.45, 2.75) is 19.6 Å². The number of aromatic nitrogens is 3. The van der Waals surface area contributed by atoms with E-state index in [1.54, 1.807) is 24.9 Å². The number of ether oxygens (including phenoxy) is 1. The van der Waals surface area contributed by atoms with Crippen LogP contribution < -0.4 is 4.74 Å². The number of hydrogen-bond donors (Lipinski definition) is 1. The Kier molecular flexibility index (Phi) is 3.39. The maximum absolute atomic E-state index is 9.35. The largest absolute Gasteiger partial charge is 0.497 e. The van der Waals surface area contributed by atoms with E-state index in [9.17, 15) is 5.11 Å². The Morgan fingerprint density at radius 3 is 2.94 bits per heavy atom. The van der Waals surface area contributed by atoms with Gasteiger partial charge >= 0.3 is 0 Å². The van der Waals surface area contributed by atoms with Gasteiger partial charge in [0.2, 0.25) is 0 Å². The van der Waals surface area contributed by atoms with Gasteiger partial charge in [-0.15, -0.1) is 5.10 Å². The molecule has 1 aromatic carbocycles. The molecule has 0 fully saturated rings. The van der Waals surface area contributed by atoms with Crippen LogP contribution in [-0.4, -0.2) is 27.2 Å². The van der Waals surface area contributed by atoms with Crippen molar-refractivity contribution in [3.8, 4) is 5.75 Å². The zero-order valence-electron chi connectivity index (χ0n) is 9.87. The molecule has 17 heavy (non-hydrogen) atoms. The standard InChI is InChI=1S/C12H15N3O2/c1-9(16)12-8-15(14-13-12)7-10-4-3-5-11(6-10)17-2/h3-6,8-9,16H,7H2,1-2H3. The number of rotatable bonds is 4. The molecular formula is C12H15N3O2. The Morgan fingerprint density at radius 1 is 1.47 bits per heavy atom. The normalized spacial score (nSPS) is 12.4. The highest BCUT2D eigenvalue weighted by molar-refractivity contribution is 5.28. The third kappa shape index (κ3) is 2.82. The molecule has 0 bridgehead atoms. The maximum atomic E-state index is 9.35. The van der Waals surface area contributed by atoms with Crippen LogP contribution in [0.2, 0.25) is 0 Å². The number of benzene rings is 1. The molecule has 2 rings (SSSR count). The van der Waals surface area contributed by atoms with Crippen LogP contribution in [0.4, 0.5) is 0 Å². The lowest BCUT2D eigenvalue weighted by Gasteiger charge is -2.04. The van der Waals surface area contributed by atoms with Gasteiger partial charge in [0.15, 0.2) is 0 Å². The molecule has 5 nitrogen and oxygen atoms in total. The Balaban J connectivity index is 2.13. The molecule has 0 aliphatic heterocycles. The van der Waals surface area contributed by atoms with Crippen molar-refractivity contribution in [2.75, 3.05) is 7.11 Å². The summed E-state index contributed by atoms with van der Waals surface area (Å²) in [6.45, 7) is 2.27. The highest BCUT2D eigenvalue weighted by atomic mass is 16.5. The number of aliphatic hydroxyl groups excluding tert-OH is 1. The number of hydrogen-bond acceptors (Lipinski definition) is 4. The zero-order valence-corrected chi connectivity index (χ0v) is 9.87. The summed E-state index contributed by atoms with van der Waals surface area (Å²) in [6.07, 6.45) is 1.15. The third-order valence-corrected chi connectivity index (χ3v) is 2.46. The third-order valence-electron chi connectivity index (χ3n) is 2.46. The van der Waals surface area contributed by atoms with Crippen molar-refractivity contribution in [1.82, 2.24) is 15.0 Å². The van der Waals surface area contributed by atoms with Gasteiger partial charge in [0.05, 0.1) is 26.0 Å². The quantitative estimate of drug-likeness (QED) is 0.866.